The molecule has 0 aliphatic carbocycles. The monoisotopic (exact) mass is 344 g/mol. The van der Waals surface area contributed by atoms with E-state index in [0.717, 1.165) is 12.0 Å². The van der Waals surface area contributed by atoms with Crippen molar-refractivity contribution < 1.29 is 18.3 Å². The van der Waals surface area contributed by atoms with Gasteiger partial charge in [0.1, 0.15) is 5.75 Å². The summed E-state index contributed by atoms with van der Waals surface area (Å²) < 4.78 is 28.7. The van der Waals surface area contributed by atoms with Crippen LogP contribution in [0.5, 0.6) is 5.75 Å². The van der Waals surface area contributed by atoms with E-state index in [1.165, 1.54) is 24.3 Å². The van der Waals surface area contributed by atoms with E-state index >= 15 is 0 Å². The number of hydrogen-bond donors (Lipinski definition) is 0. The zero-order chi connectivity index (χ0) is 18.2. The van der Waals surface area contributed by atoms with Crippen molar-refractivity contribution in [1.82, 2.24) is 4.90 Å². The van der Waals surface area contributed by atoms with Gasteiger partial charge in [-0.2, -0.15) is 14.0 Å². The number of rotatable bonds is 7. The van der Waals surface area contributed by atoms with Crippen molar-refractivity contribution in [3.05, 3.63) is 65.2 Å². The summed E-state index contributed by atoms with van der Waals surface area (Å²) in [4.78, 5) is 14.4. The third kappa shape index (κ3) is 5.28. The van der Waals surface area contributed by atoms with Crippen molar-refractivity contribution in [2.24, 2.45) is 0 Å². The molecule has 0 spiro atoms. The number of benzene rings is 2. The van der Waals surface area contributed by atoms with Crippen LogP contribution in [0.2, 0.25) is 0 Å². The van der Waals surface area contributed by atoms with Crippen LogP contribution >= 0.6 is 0 Å². The zero-order valence-corrected chi connectivity index (χ0v) is 13.8. The van der Waals surface area contributed by atoms with Gasteiger partial charge in [-0.15, -0.1) is 0 Å². The van der Waals surface area contributed by atoms with Crippen molar-refractivity contribution in [2.45, 2.75) is 26.5 Å². The summed E-state index contributed by atoms with van der Waals surface area (Å²) in [5, 5.41) is 8.84. The molecule has 0 aromatic heterocycles. The molecule has 0 N–H and O–H groups in total. The molecular weight excluding hydrogens is 326 g/mol. The number of nitrogens with zero attached hydrogens (tertiary/aromatic N) is 2. The Morgan fingerprint density at radius 2 is 1.80 bits per heavy atom. The van der Waals surface area contributed by atoms with Crippen LogP contribution in [0.3, 0.4) is 0 Å². The summed E-state index contributed by atoms with van der Waals surface area (Å²) >= 11 is 0. The summed E-state index contributed by atoms with van der Waals surface area (Å²) in [6.07, 6.45) is 0.786. The quantitative estimate of drug-likeness (QED) is 0.756. The van der Waals surface area contributed by atoms with Gasteiger partial charge >= 0.3 is 6.61 Å². The molecule has 1 amide bonds. The van der Waals surface area contributed by atoms with E-state index in [9.17, 15) is 13.6 Å². The molecule has 0 radical (unpaired) electrons. The number of carbonyl (C=O) groups excluding carboxylic acids is 1. The van der Waals surface area contributed by atoms with Crippen LogP contribution < -0.4 is 4.74 Å². The fourth-order valence-electron chi connectivity index (χ4n) is 2.39. The number of halogens is 2. The Morgan fingerprint density at radius 1 is 1.16 bits per heavy atom. The second-order valence-corrected chi connectivity index (χ2v) is 5.44. The third-order valence-corrected chi connectivity index (χ3v) is 3.56. The van der Waals surface area contributed by atoms with Crippen molar-refractivity contribution in [3.8, 4) is 11.8 Å². The number of nitriles is 1. The smallest absolute Gasteiger partial charge is 0.387 e. The Morgan fingerprint density at radius 3 is 2.32 bits per heavy atom. The topological polar surface area (TPSA) is 53.3 Å². The lowest BCUT2D eigenvalue weighted by Crippen LogP contribution is -2.31. The predicted molar refractivity (Wildman–Crippen MR) is 89.3 cm³/mol. The van der Waals surface area contributed by atoms with E-state index in [1.54, 1.807) is 17.0 Å². The lowest BCUT2D eigenvalue weighted by Gasteiger charge is -2.22. The fourth-order valence-corrected chi connectivity index (χ4v) is 2.39. The largest absolute Gasteiger partial charge is 0.435 e. The molecule has 0 fully saturated rings. The van der Waals surface area contributed by atoms with Crippen LogP contribution in [0.1, 0.15) is 34.8 Å². The Labute approximate surface area is 145 Å². The van der Waals surface area contributed by atoms with Crippen LogP contribution in [-0.2, 0) is 6.54 Å². The summed E-state index contributed by atoms with van der Waals surface area (Å²) in [5.74, 6) is -0.171. The van der Waals surface area contributed by atoms with E-state index in [1.807, 2.05) is 19.1 Å². The molecule has 130 valence electrons. The number of ether oxygens (including phenoxy) is 1. The molecule has 25 heavy (non-hydrogen) atoms. The lowest BCUT2D eigenvalue weighted by molar-refractivity contribution is -0.0498. The van der Waals surface area contributed by atoms with Crippen molar-refractivity contribution in [3.63, 3.8) is 0 Å². The summed E-state index contributed by atoms with van der Waals surface area (Å²) in [7, 11) is 0. The maximum absolute atomic E-state index is 12.7. The Kier molecular flexibility index (Phi) is 6.47. The Balaban J connectivity index is 2.12. The molecule has 0 bridgehead atoms. The van der Waals surface area contributed by atoms with Crippen LogP contribution in [0.15, 0.2) is 48.5 Å². The second kappa shape index (κ2) is 8.78. The van der Waals surface area contributed by atoms with Crippen molar-refractivity contribution in [1.29, 1.82) is 5.26 Å². The highest BCUT2D eigenvalue weighted by atomic mass is 19.3. The SMILES string of the molecule is CCCN(Cc1ccc(C#N)cc1)C(=O)c1ccc(OC(F)F)cc1. The van der Waals surface area contributed by atoms with E-state index in [-0.39, 0.29) is 11.7 Å². The molecule has 6 heteroatoms. The van der Waals surface area contributed by atoms with E-state index in [4.69, 9.17) is 5.26 Å². The van der Waals surface area contributed by atoms with Crippen molar-refractivity contribution >= 4 is 5.91 Å². The first kappa shape index (κ1) is 18.4. The molecule has 0 aliphatic heterocycles. The van der Waals surface area contributed by atoms with Gasteiger partial charge in [0.25, 0.3) is 5.91 Å². The van der Waals surface area contributed by atoms with Crippen LogP contribution in [0, 0.1) is 11.3 Å². The number of alkyl halides is 2. The summed E-state index contributed by atoms with van der Waals surface area (Å²) in [5.41, 5.74) is 1.88. The highest BCUT2D eigenvalue weighted by Gasteiger charge is 2.16. The number of hydrogen-bond acceptors (Lipinski definition) is 3. The van der Waals surface area contributed by atoms with E-state index in [2.05, 4.69) is 10.8 Å². The van der Waals surface area contributed by atoms with Crippen LogP contribution in [0.4, 0.5) is 8.78 Å². The van der Waals surface area contributed by atoms with Gasteiger partial charge in [0, 0.05) is 18.7 Å². The van der Waals surface area contributed by atoms with Crippen molar-refractivity contribution in [2.75, 3.05) is 6.54 Å². The molecule has 4 nitrogen and oxygen atoms in total. The molecule has 2 aromatic rings. The molecule has 0 saturated carbocycles. The maximum Gasteiger partial charge on any atom is 0.387 e. The standard InChI is InChI=1S/C19H18F2N2O2/c1-2-11-23(13-15-5-3-14(12-22)4-6-15)18(24)16-7-9-17(10-8-16)25-19(20)21/h3-10,19H,2,11,13H2,1H3. The minimum absolute atomic E-state index is 0.0145. The lowest BCUT2D eigenvalue weighted by atomic mass is 10.1. The minimum atomic E-state index is -2.89. The maximum atomic E-state index is 12.7. The molecule has 0 atom stereocenters. The predicted octanol–water partition coefficient (Wildman–Crippen LogP) is 4.21. The first-order chi connectivity index (χ1) is 12.0. The highest BCUT2D eigenvalue weighted by molar-refractivity contribution is 5.94. The van der Waals surface area contributed by atoms with Gasteiger partial charge in [0.15, 0.2) is 0 Å². The molecular formula is C19H18F2N2O2. The van der Waals surface area contributed by atoms with E-state index < -0.39 is 6.61 Å². The second-order valence-electron chi connectivity index (χ2n) is 5.44. The average Bonchev–Trinajstić information content (AvgIpc) is 2.61. The molecule has 0 aliphatic rings. The Hall–Kier alpha value is -2.94. The normalized spacial score (nSPS) is 10.4. The first-order valence-corrected chi connectivity index (χ1v) is 7.86. The number of carbonyl (C=O) groups is 1. The first-order valence-electron chi connectivity index (χ1n) is 7.86. The molecule has 0 unspecified atom stereocenters. The third-order valence-electron chi connectivity index (χ3n) is 3.56. The highest BCUT2D eigenvalue weighted by Crippen LogP contribution is 2.17. The Bertz CT molecular complexity index is 738. The molecule has 2 aromatic carbocycles. The summed E-state index contributed by atoms with van der Waals surface area (Å²) in [6, 6.07) is 14.8. The summed E-state index contributed by atoms with van der Waals surface area (Å²) in [6.45, 7) is 0.0509. The van der Waals surface area contributed by atoms with Crippen LogP contribution in [-0.4, -0.2) is 24.0 Å². The van der Waals surface area contributed by atoms with Gasteiger partial charge in [0.05, 0.1) is 11.6 Å². The van der Waals surface area contributed by atoms with Gasteiger partial charge in [-0.25, -0.2) is 0 Å². The van der Waals surface area contributed by atoms with Gasteiger partial charge in [-0.05, 0) is 48.4 Å². The zero-order valence-electron chi connectivity index (χ0n) is 13.8. The molecule has 0 saturated heterocycles. The van der Waals surface area contributed by atoms with Gasteiger partial charge in [-0.1, -0.05) is 19.1 Å². The molecule has 2 rings (SSSR count). The van der Waals surface area contributed by atoms with Gasteiger partial charge in [0.2, 0.25) is 0 Å². The van der Waals surface area contributed by atoms with Crippen LogP contribution in [0.25, 0.3) is 0 Å². The fraction of sp³-hybridized carbons (Fsp3) is 0.263. The average molecular weight is 344 g/mol. The molecule has 0 heterocycles. The van der Waals surface area contributed by atoms with Gasteiger partial charge < -0.3 is 9.64 Å². The minimum Gasteiger partial charge on any atom is -0.435 e. The number of amides is 1. The van der Waals surface area contributed by atoms with E-state index in [0.29, 0.717) is 24.2 Å². The van der Waals surface area contributed by atoms with Gasteiger partial charge in [-0.3, -0.25) is 4.79 Å².